The summed E-state index contributed by atoms with van der Waals surface area (Å²) in [5.41, 5.74) is 2.48. The first-order valence-corrected chi connectivity index (χ1v) is 7.73. The molecule has 0 unspecified atom stereocenters. The lowest BCUT2D eigenvalue weighted by molar-refractivity contribution is 0.0601. The Morgan fingerprint density at radius 1 is 1.14 bits per heavy atom. The van der Waals surface area contributed by atoms with Crippen LogP contribution in [0.5, 0.6) is 0 Å². The van der Waals surface area contributed by atoms with Gasteiger partial charge in [0.1, 0.15) is 0 Å². The second-order valence-corrected chi connectivity index (χ2v) is 6.10. The Hall–Kier alpha value is -1.71. The maximum Gasteiger partial charge on any atom is 0.340 e. The second-order valence-electron chi connectivity index (χ2n) is 5.29. The molecule has 1 saturated heterocycles. The number of carbonyl (C=O) groups excluding carboxylic acids is 1. The molecule has 0 N–H and O–H groups in total. The molecule has 114 valence electrons. The van der Waals surface area contributed by atoms with E-state index in [0.29, 0.717) is 16.0 Å². The number of hydrogen-bond acceptors (Lipinski definition) is 3. The van der Waals surface area contributed by atoms with Crippen LogP contribution in [-0.2, 0) is 4.74 Å². The van der Waals surface area contributed by atoms with E-state index < -0.39 is 5.97 Å². The highest BCUT2D eigenvalue weighted by Gasteiger charge is 2.29. The lowest BCUT2D eigenvalue weighted by atomic mass is 9.91. The molecule has 3 rings (SSSR count). The molecule has 0 aliphatic carbocycles. The Morgan fingerprint density at radius 3 is 2.27 bits per heavy atom. The minimum absolute atomic E-state index is 0.217. The number of anilines is 1. The zero-order valence-corrected chi connectivity index (χ0v) is 13.6. The van der Waals surface area contributed by atoms with Crippen molar-refractivity contribution in [3.8, 4) is 0 Å². The largest absolute Gasteiger partial charge is 0.465 e. The van der Waals surface area contributed by atoms with Crippen LogP contribution in [0.2, 0.25) is 10.0 Å². The molecular formula is C17H15Cl2NO2. The van der Waals surface area contributed by atoms with Crippen molar-refractivity contribution >= 4 is 34.9 Å². The fourth-order valence-corrected chi connectivity index (χ4v) is 3.29. The summed E-state index contributed by atoms with van der Waals surface area (Å²) in [7, 11) is 1.31. The summed E-state index contributed by atoms with van der Waals surface area (Å²) in [6.45, 7) is 1.82. The van der Waals surface area contributed by atoms with E-state index in [9.17, 15) is 4.79 Å². The Kier molecular flexibility index (Phi) is 4.27. The highest BCUT2D eigenvalue weighted by molar-refractivity contribution is 6.39. The molecule has 0 spiro atoms. The van der Waals surface area contributed by atoms with Gasteiger partial charge in [0.15, 0.2) is 0 Å². The molecule has 22 heavy (non-hydrogen) atoms. The summed E-state index contributed by atoms with van der Waals surface area (Å²) >= 11 is 12.3. The fraction of sp³-hybridized carbons (Fsp3) is 0.235. The quantitative estimate of drug-likeness (QED) is 0.779. The first-order chi connectivity index (χ1) is 10.6. The van der Waals surface area contributed by atoms with Gasteiger partial charge in [-0.05, 0) is 17.7 Å². The summed E-state index contributed by atoms with van der Waals surface area (Å²) in [5, 5.41) is 0.634. The average molecular weight is 336 g/mol. The summed E-state index contributed by atoms with van der Waals surface area (Å²) in [6.07, 6.45) is 0. The predicted octanol–water partition coefficient (Wildman–Crippen LogP) is 4.38. The van der Waals surface area contributed by atoms with Crippen molar-refractivity contribution in [2.75, 3.05) is 25.1 Å². The smallest absolute Gasteiger partial charge is 0.340 e. The van der Waals surface area contributed by atoms with Crippen LogP contribution in [0.4, 0.5) is 5.69 Å². The van der Waals surface area contributed by atoms with E-state index >= 15 is 0 Å². The van der Waals surface area contributed by atoms with Gasteiger partial charge in [0, 0.05) is 24.7 Å². The molecule has 1 aliphatic rings. The van der Waals surface area contributed by atoms with E-state index in [2.05, 4.69) is 29.2 Å². The number of carbonyl (C=O) groups is 1. The maximum atomic E-state index is 11.7. The van der Waals surface area contributed by atoms with E-state index in [1.54, 1.807) is 12.1 Å². The molecule has 2 aromatic carbocycles. The summed E-state index contributed by atoms with van der Waals surface area (Å²) in [4.78, 5) is 13.8. The molecular weight excluding hydrogens is 321 g/mol. The van der Waals surface area contributed by atoms with Crippen molar-refractivity contribution in [2.45, 2.75) is 5.92 Å². The van der Waals surface area contributed by atoms with E-state index in [0.717, 1.165) is 18.8 Å². The highest BCUT2D eigenvalue weighted by Crippen LogP contribution is 2.36. The molecule has 2 aromatic rings. The van der Waals surface area contributed by atoms with Gasteiger partial charge in [-0.25, -0.2) is 4.79 Å². The third-order valence-corrected chi connectivity index (χ3v) is 4.53. The van der Waals surface area contributed by atoms with Crippen LogP contribution < -0.4 is 4.90 Å². The molecule has 0 radical (unpaired) electrons. The minimum atomic E-state index is -0.521. The van der Waals surface area contributed by atoms with Crippen LogP contribution in [0.3, 0.4) is 0 Å². The van der Waals surface area contributed by atoms with Crippen LogP contribution in [0.15, 0.2) is 42.5 Å². The van der Waals surface area contributed by atoms with E-state index in [1.807, 2.05) is 6.07 Å². The number of halogens is 2. The fourth-order valence-electron chi connectivity index (χ4n) is 2.66. The van der Waals surface area contributed by atoms with Gasteiger partial charge in [-0.2, -0.15) is 0 Å². The van der Waals surface area contributed by atoms with E-state index in [1.165, 1.54) is 12.7 Å². The summed E-state index contributed by atoms with van der Waals surface area (Å²) in [5.74, 6) is -0.00800. The van der Waals surface area contributed by atoms with Crippen molar-refractivity contribution in [1.82, 2.24) is 0 Å². The Bertz CT molecular complexity index is 674. The van der Waals surface area contributed by atoms with Crippen LogP contribution in [0.25, 0.3) is 0 Å². The first-order valence-electron chi connectivity index (χ1n) is 6.97. The van der Waals surface area contributed by atoms with Crippen LogP contribution >= 0.6 is 23.2 Å². The van der Waals surface area contributed by atoms with Crippen LogP contribution in [-0.4, -0.2) is 26.2 Å². The molecule has 3 nitrogen and oxygen atoms in total. The lowest BCUT2D eigenvalue weighted by Gasteiger charge is -2.41. The van der Waals surface area contributed by atoms with Crippen molar-refractivity contribution in [2.24, 2.45) is 0 Å². The molecule has 1 aliphatic heterocycles. The number of hydrogen-bond donors (Lipinski definition) is 0. The number of benzene rings is 2. The molecule has 0 aromatic heterocycles. The molecule has 0 saturated carbocycles. The van der Waals surface area contributed by atoms with Gasteiger partial charge in [0.2, 0.25) is 0 Å². The molecule has 1 heterocycles. The molecule has 0 amide bonds. The number of methoxy groups -OCH3 is 1. The number of nitrogens with zero attached hydrogens (tertiary/aromatic N) is 1. The predicted molar refractivity (Wildman–Crippen MR) is 89.2 cm³/mol. The number of rotatable bonds is 3. The Labute approximate surface area is 139 Å². The van der Waals surface area contributed by atoms with Gasteiger partial charge in [0.05, 0.1) is 22.7 Å². The SMILES string of the molecule is COC(=O)c1c(Cl)cc(N2CC(c3ccccc3)C2)cc1Cl. The van der Waals surface area contributed by atoms with Crippen molar-refractivity contribution in [3.05, 3.63) is 63.6 Å². The van der Waals surface area contributed by atoms with Crippen molar-refractivity contribution in [3.63, 3.8) is 0 Å². The normalized spacial score (nSPS) is 14.6. The highest BCUT2D eigenvalue weighted by atomic mass is 35.5. The molecule has 0 bridgehead atoms. The molecule has 5 heteroatoms. The minimum Gasteiger partial charge on any atom is -0.465 e. The number of ether oxygens (including phenoxy) is 1. The topological polar surface area (TPSA) is 29.5 Å². The molecule has 0 atom stereocenters. The lowest BCUT2D eigenvalue weighted by Crippen LogP contribution is -2.45. The second kappa shape index (κ2) is 6.19. The van der Waals surface area contributed by atoms with Gasteiger partial charge in [-0.3, -0.25) is 0 Å². The van der Waals surface area contributed by atoms with Gasteiger partial charge in [0.25, 0.3) is 0 Å². The van der Waals surface area contributed by atoms with Crippen molar-refractivity contribution < 1.29 is 9.53 Å². The molecule has 1 fully saturated rings. The van der Waals surface area contributed by atoms with Crippen LogP contribution in [0.1, 0.15) is 21.8 Å². The van der Waals surface area contributed by atoms with E-state index in [-0.39, 0.29) is 5.56 Å². The van der Waals surface area contributed by atoms with Crippen LogP contribution in [0, 0.1) is 0 Å². The standard InChI is InChI=1S/C17H15Cl2NO2/c1-22-17(21)16-14(18)7-13(8-15(16)19)20-9-12(10-20)11-5-3-2-4-6-11/h2-8,12H,9-10H2,1H3. The van der Waals surface area contributed by atoms with Crippen molar-refractivity contribution in [1.29, 1.82) is 0 Å². The third-order valence-electron chi connectivity index (χ3n) is 3.93. The summed E-state index contributed by atoms with van der Waals surface area (Å²) in [6, 6.07) is 13.9. The Balaban J connectivity index is 1.77. The first kappa shape index (κ1) is 15.2. The van der Waals surface area contributed by atoms with Gasteiger partial charge < -0.3 is 9.64 Å². The number of esters is 1. The maximum absolute atomic E-state index is 11.7. The van der Waals surface area contributed by atoms with E-state index in [4.69, 9.17) is 27.9 Å². The van der Waals surface area contributed by atoms with Gasteiger partial charge in [-0.15, -0.1) is 0 Å². The average Bonchev–Trinajstić information content (AvgIpc) is 2.46. The monoisotopic (exact) mass is 335 g/mol. The van der Waals surface area contributed by atoms with Gasteiger partial charge >= 0.3 is 5.97 Å². The Morgan fingerprint density at radius 2 is 1.73 bits per heavy atom. The zero-order chi connectivity index (χ0) is 15.7. The van der Waals surface area contributed by atoms with Gasteiger partial charge in [-0.1, -0.05) is 53.5 Å². The summed E-state index contributed by atoms with van der Waals surface area (Å²) < 4.78 is 4.69. The third kappa shape index (κ3) is 2.79. The zero-order valence-electron chi connectivity index (χ0n) is 12.1.